The fraction of sp³-hybridized carbons (Fsp3) is 0.600. The largest absolute Gasteiger partial charge is 0.491 e. The SMILES string of the molecule is OCC1CCC(OCCOc2ccccc2)CC1. The molecule has 0 spiro atoms. The average molecular weight is 250 g/mol. The Morgan fingerprint density at radius 1 is 1.00 bits per heavy atom. The number of hydrogen-bond donors (Lipinski definition) is 1. The third kappa shape index (κ3) is 4.31. The molecule has 1 aliphatic carbocycles. The van der Waals surface area contributed by atoms with Crippen molar-refractivity contribution in [3.63, 3.8) is 0 Å². The summed E-state index contributed by atoms with van der Waals surface area (Å²) in [7, 11) is 0. The first-order chi connectivity index (χ1) is 8.88. The van der Waals surface area contributed by atoms with Gasteiger partial charge in [-0.3, -0.25) is 0 Å². The zero-order chi connectivity index (χ0) is 12.6. The number of rotatable bonds is 6. The lowest BCUT2D eigenvalue weighted by Crippen LogP contribution is -2.25. The van der Waals surface area contributed by atoms with Crippen molar-refractivity contribution in [1.29, 1.82) is 0 Å². The van der Waals surface area contributed by atoms with Crippen LogP contribution in [0.1, 0.15) is 25.7 Å². The molecule has 18 heavy (non-hydrogen) atoms. The zero-order valence-electron chi connectivity index (χ0n) is 10.8. The van der Waals surface area contributed by atoms with Gasteiger partial charge in [-0.1, -0.05) is 18.2 Å². The molecule has 0 aromatic heterocycles. The van der Waals surface area contributed by atoms with Gasteiger partial charge < -0.3 is 14.6 Å². The van der Waals surface area contributed by atoms with Crippen molar-refractivity contribution in [1.82, 2.24) is 0 Å². The number of aliphatic hydroxyl groups excluding tert-OH is 1. The van der Waals surface area contributed by atoms with Gasteiger partial charge in [0.2, 0.25) is 0 Å². The van der Waals surface area contributed by atoms with Crippen molar-refractivity contribution in [2.45, 2.75) is 31.8 Å². The van der Waals surface area contributed by atoms with E-state index < -0.39 is 0 Å². The predicted molar refractivity (Wildman–Crippen MR) is 70.7 cm³/mol. The molecule has 0 bridgehead atoms. The molecule has 0 heterocycles. The van der Waals surface area contributed by atoms with Gasteiger partial charge in [0.25, 0.3) is 0 Å². The minimum absolute atomic E-state index is 0.323. The Kier molecular flexibility index (Phi) is 5.49. The fourth-order valence-electron chi connectivity index (χ4n) is 2.37. The first kappa shape index (κ1) is 13.4. The lowest BCUT2D eigenvalue weighted by atomic mass is 9.88. The van der Waals surface area contributed by atoms with Gasteiger partial charge in [-0.25, -0.2) is 0 Å². The number of benzene rings is 1. The second-order valence-corrected chi connectivity index (χ2v) is 4.86. The molecular formula is C15H22O3. The summed E-state index contributed by atoms with van der Waals surface area (Å²) in [6.07, 6.45) is 4.65. The van der Waals surface area contributed by atoms with E-state index in [1.54, 1.807) is 0 Å². The lowest BCUT2D eigenvalue weighted by molar-refractivity contribution is -0.00108. The van der Waals surface area contributed by atoms with Gasteiger partial charge in [-0.15, -0.1) is 0 Å². The molecule has 2 rings (SSSR count). The molecule has 1 aromatic rings. The summed E-state index contributed by atoms with van der Waals surface area (Å²) in [5.74, 6) is 1.38. The third-order valence-corrected chi connectivity index (χ3v) is 3.50. The maximum atomic E-state index is 9.06. The first-order valence-corrected chi connectivity index (χ1v) is 6.79. The topological polar surface area (TPSA) is 38.7 Å². The van der Waals surface area contributed by atoms with E-state index in [2.05, 4.69) is 0 Å². The smallest absolute Gasteiger partial charge is 0.119 e. The van der Waals surface area contributed by atoms with E-state index >= 15 is 0 Å². The molecule has 1 aliphatic rings. The van der Waals surface area contributed by atoms with Crippen molar-refractivity contribution >= 4 is 0 Å². The van der Waals surface area contributed by atoms with Crippen LogP contribution in [0.5, 0.6) is 5.75 Å². The molecule has 0 saturated heterocycles. The molecule has 0 radical (unpaired) electrons. The number of para-hydroxylation sites is 1. The van der Waals surface area contributed by atoms with Crippen molar-refractivity contribution in [2.24, 2.45) is 5.92 Å². The number of ether oxygens (including phenoxy) is 2. The second kappa shape index (κ2) is 7.39. The quantitative estimate of drug-likeness (QED) is 0.789. The van der Waals surface area contributed by atoms with Gasteiger partial charge in [-0.05, 0) is 43.7 Å². The van der Waals surface area contributed by atoms with Crippen LogP contribution in [0.4, 0.5) is 0 Å². The highest BCUT2D eigenvalue weighted by molar-refractivity contribution is 5.20. The Hall–Kier alpha value is -1.06. The monoisotopic (exact) mass is 250 g/mol. The highest BCUT2D eigenvalue weighted by Crippen LogP contribution is 2.25. The molecule has 0 unspecified atom stereocenters. The van der Waals surface area contributed by atoms with Gasteiger partial charge in [0.05, 0.1) is 12.7 Å². The molecule has 100 valence electrons. The van der Waals surface area contributed by atoms with Crippen molar-refractivity contribution in [3.05, 3.63) is 30.3 Å². The third-order valence-electron chi connectivity index (χ3n) is 3.50. The van der Waals surface area contributed by atoms with Gasteiger partial charge in [0.15, 0.2) is 0 Å². The maximum absolute atomic E-state index is 9.06. The number of aliphatic hydroxyl groups is 1. The van der Waals surface area contributed by atoms with Gasteiger partial charge >= 0.3 is 0 Å². The summed E-state index contributed by atoms with van der Waals surface area (Å²) < 4.78 is 11.4. The Bertz CT molecular complexity index is 318. The molecule has 0 amide bonds. The molecule has 1 aromatic carbocycles. The van der Waals surface area contributed by atoms with Crippen LogP contribution < -0.4 is 4.74 Å². The van der Waals surface area contributed by atoms with Crippen LogP contribution in [0.25, 0.3) is 0 Å². The van der Waals surface area contributed by atoms with Gasteiger partial charge in [-0.2, -0.15) is 0 Å². The Morgan fingerprint density at radius 2 is 1.72 bits per heavy atom. The molecule has 1 fully saturated rings. The van der Waals surface area contributed by atoms with E-state index in [0.717, 1.165) is 31.4 Å². The summed E-state index contributed by atoms with van der Waals surface area (Å²) in [4.78, 5) is 0. The first-order valence-electron chi connectivity index (χ1n) is 6.79. The van der Waals surface area contributed by atoms with Crippen LogP contribution >= 0.6 is 0 Å². The summed E-state index contributed by atoms with van der Waals surface area (Å²) in [5.41, 5.74) is 0. The van der Waals surface area contributed by atoms with Crippen LogP contribution in [-0.4, -0.2) is 31.0 Å². The fourth-order valence-corrected chi connectivity index (χ4v) is 2.37. The Balaban J connectivity index is 1.56. The summed E-state index contributed by atoms with van der Waals surface area (Å²) >= 11 is 0. The molecule has 1 N–H and O–H groups in total. The highest BCUT2D eigenvalue weighted by Gasteiger charge is 2.20. The van der Waals surface area contributed by atoms with E-state index in [0.29, 0.717) is 31.8 Å². The molecule has 0 atom stereocenters. The van der Waals surface area contributed by atoms with Crippen molar-refractivity contribution in [2.75, 3.05) is 19.8 Å². The second-order valence-electron chi connectivity index (χ2n) is 4.86. The van der Waals surface area contributed by atoms with E-state index in [1.165, 1.54) is 0 Å². The Morgan fingerprint density at radius 3 is 2.39 bits per heavy atom. The molecule has 0 aliphatic heterocycles. The van der Waals surface area contributed by atoms with Crippen molar-refractivity contribution in [3.8, 4) is 5.75 Å². The van der Waals surface area contributed by atoms with Gasteiger partial charge in [0, 0.05) is 6.61 Å². The summed E-state index contributed by atoms with van der Waals surface area (Å²) in [6, 6.07) is 9.81. The van der Waals surface area contributed by atoms with Gasteiger partial charge in [0.1, 0.15) is 12.4 Å². The van der Waals surface area contributed by atoms with Crippen LogP contribution in [0, 0.1) is 5.92 Å². The van der Waals surface area contributed by atoms with Crippen LogP contribution in [0.3, 0.4) is 0 Å². The minimum Gasteiger partial charge on any atom is -0.491 e. The molecule has 3 heteroatoms. The van der Waals surface area contributed by atoms with E-state index in [4.69, 9.17) is 14.6 Å². The van der Waals surface area contributed by atoms with Crippen LogP contribution in [0.15, 0.2) is 30.3 Å². The van der Waals surface area contributed by atoms with Crippen LogP contribution in [0.2, 0.25) is 0 Å². The number of hydrogen-bond acceptors (Lipinski definition) is 3. The van der Waals surface area contributed by atoms with E-state index in [9.17, 15) is 0 Å². The standard InChI is InChI=1S/C15H22O3/c16-12-13-6-8-15(9-7-13)18-11-10-17-14-4-2-1-3-5-14/h1-5,13,15-16H,6-12H2. The van der Waals surface area contributed by atoms with E-state index in [1.807, 2.05) is 30.3 Å². The maximum Gasteiger partial charge on any atom is 0.119 e. The summed E-state index contributed by atoms with van der Waals surface area (Å²) in [6.45, 7) is 1.57. The summed E-state index contributed by atoms with van der Waals surface area (Å²) in [5, 5.41) is 9.06. The van der Waals surface area contributed by atoms with E-state index in [-0.39, 0.29) is 0 Å². The van der Waals surface area contributed by atoms with Crippen molar-refractivity contribution < 1.29 is 14.6 Å². The molecular weight excluding hydrogens is 228 g/mol. The zero-order valence-corrected chi connectivity index (χ0v) is 10.8. The minimum atomic E-state index is 0.323. The lowest BCUT2D eigenvalue weighted by Gasteiger charge is -2.27. The van der Waals surface area contributed by atoms with Crippen LogP contribution in [-0.2, 0) is 4.74 Å². The average Bonchev–Trinajstić information content (AvgIpc) is 2.45. The molecule has 3 nitrogen and oxygen atoms in total. The molecule has 1 saturated carbocycles. The normalized spacial score (nSPS) is 23.8. The highest BCUT2D eigenvalue weighted by atomic mass is 16.5. The predicted octanol–water partition coefficient (Wildman–Crippen LogP) is 2.63. The Labute approximate surface area is 109 Å².